The molecule has 0 saturated heterocycles. The van der Waals surface area contributed by atoms with Crippen LogP contribution in [0, 0.1) is 0 Å². The Labute approximate surface area is 63.9 Å². The topological polar surface area (TPSA) is 43.7 Å². The minimum Gasteiger partial charge on any atom is -0.395 e. The van der Waals surface area contributed by atoms with E-state index in [1.807, 2.05) is 0 Å². The third-order valence-corrected chi connectivity index (χ3v) is 1.65. The summed E-state index contributed by atoms with van der Waals surface area (Å²) < 4.78 is 1.14. The number of nitrogens with zero attached hydrogens (tertiary/aromatic N) is 1. The second kappa shape index (κ2) is 5.26. The Bertz CT molecular complexity index is 73.6. The molecule has 0 radical (unpaired) electrons. The summed E-state index contributed by atoms with van der Waals surface area (Å²) in [7, 11) is 0. The largest absolute Gasteiger partial charge is 0.395 e. The highest BCUT2D eigenvalue weighted by atomic mass is 35.5. The van der Waals surface area contributed by atoms with Crippen LogP contribution in [0.2, 0.25) is 0 Å². The molecular weight excluding hydrogens is 165 g/mol. The number of aliphatic hydroxyl groups is 2. The predicted molar refractivity (Wildman–Crippen MR) is 36.4 cm³/mol. The molecule has 0 aromatic carbocycles. The molecule has 1 atom stereocenters. The van der Waals surface area contributed by atoms with Crippen molar-refractivity contribution in [3.05, 3.63) is 0 Å². The average molecular weight is 174 g/mol. The highest BCUT2D eigenvalue weighted by Gasteiger charge is 2.09. The van der Waals surface area contributed by atoms with Gasteiger partial charge < -0.3 is 10.2 Å². The fraction of sp³-hybridized carbons (Fsp3) is 1.00. The van der Waals surface area contributed by atoms with Crippen LogP contribution in [0.25, 0.3) is 0 Å². The first-order chi connectivity index (χ1) is 4.22. The van der Waals surface area contributed by atoms with Gasteiger partial charge >= 0.3 is 0 Å². The Hall–Kier alpha value is 0.460. The van der Waals surface area contributed by atoms with Crippen LogP contribution in [-0.4, -0.2) is 39.9 Å². The van der Waals surface area contributed by atoms with Gasteiger partial charge in [0.05, 0.1) is 13.2 Å². The zero-order valence-corrected chi connectivity index (χ0v) is 6.31. The lowest BCUT2D eigenvalue weighted by atomic mass is 10.6. The fourth-order valence-corrected chi connectivity index (χ4v) is 0.559. The van der Waals surface area contributed by atoms with Gasteiger partial charge in [-0.15, -0.1) is 11.6 Å². The molecule has 1 unspecified atom stereocenters. The SMILES string of the molecule is OCCN(Cl)C(Cl)CO. The summed E-state index contributed by atoms with van der Waals surface area (Å²) in [6.07, 6.45) is 0. The molecule has 0 rings (SSSR count). The number of alkyl halides is 1. The van der Waals surface area contributed by atoms with Crippen LogP contribution in [0.5, 0.6) is 0 Å². The molecule has 0 aliphatic carbocycles. The van der Waals surface area contributed by atoms with Crippen molar-refractivity contribution in [1.29, 1.82) is 0 Å². The minimum atomic E-state index is -0.612. The maximum atomic E-state index is 8.39. The first kappa shape index (κ1) is 9.46. The van der Waals surface area contributed by atoms with Crippen molar-refractivity contribution in [3.8, 4) is 0 Å². The maximum absolute atomic E-state index is 8.39. The fourth-order valence-electron chi connectivity index (χ4n) is 0.324. The Balaban J connectivity index is 3.32. The van der Waals surface area contributed by atoms with E-state index >= 15 is 0 Å². The van der Waals surface area contributed by atoms with E-state index in [1.165, 1.54) is 0 Å². The minimum absolute atomic E-state index is 0.0628. The molecule has 0 aliphatic heterocycles. The number of aliphatic hydroxyl groups excluding tert-OH is 2. The van der Waals surface area contributed by atoms with Gasteiger partial charge in [-0.1, -0.05) is 0 Å². The van der Waals surface area contributed by atoms with Gasteiger partial charge in [-0.2, -0.15) is 4.42 Å². The zero-order chi connectivity index (χ0) is 7.28. The smallest absolute Gasteiger partial charge is 0.122 e. The quantitative estimate of drug-likeness (QED) is 0.358. The molecule has 0 aliphatic rings. The Kier molecular flexibility index (Phi) is 5.53. The van der Waals surface area contributed by atoms with Crippen LogP contribution < -0.4 is 0 Å². The van der Waals surface area contributed by atoms with E-state index in [0.717, 1.165) is 4.42 Å². The summed E-state index contributed by atoms with van der Waals surface area (Å²) in [6.45, 7) is -0.0198. The number of hydrogen-bond donors (Lipinski definition) is 2. The van der Waals surface area contributed by atoms with E-state index in [9.17, 15) is 0 Å². The highest BCUT2D eigenvalue weighted by molar-refractivity contribution is 6.25. The lowest BCUT2D eigenvalue weighted by Gasteiger charge is -2.15. The van der Waals surface area contributed by atoms with Crippen molar-refractivity contribution in [2.45, 2.75) is 5.50 Å². The van der Waals surface area contributed by atoms with Gasteiger partial charge in [-0.25, -0.2) is 0 Å². The van der Waals surface area contributed by atoms with E-state index in [-0.39, 0.29) is 19.8 Å². The standard InChI is InChI=1S/C4H9Cl2NO2/c5-4(3-9)7(6)1-2-8/h4,8-9H,1-3H2. The van der Waals surface area contributed by atoms with Crippen molar-refractivity contribution in [1.82, 2.24) is 4.42 Å². The summed E-state index contributed by atoms with van der Waals surface area (Å²) >= 11 is 10.8. The molecule has 5 heteroatoms. The lowest BCUT2D eigenvalue weighted by molar-refractivity contribution is 0.205. The second-order valence-electron chi connectivity index (χ2n) is 1.46. The van der Waals surface area contributed by atoms with E-state index in [2.05, 4.69) is 0 Å². The molecule has 2 N–H and O–H groups in total. The summed E-state index contributed by atoms with van der Waals surface area (Å²) in [4.78, 5) is 0. The van der Waals surface area contributed by atoms with Crippen LogP contribution in [0.3, 0.4) is 0 Å². The molecule has 56 valence electrons. The van der Waals surface area contributed by atoms with Gasteiger partial charge in [0.15, 0.2) is 0 Å². The molecule has 0 heterocycles. The maximum Gasteiger partial charge on any atom is 0.122 e. The molecule has 0 fully saturated rings. The predicted octanol–water partition coefficient (Wildman–Crippen LogP) is -0.00830. The molecule has 0 aromatic rings. The molecule has 0 amide bonds. The molecule has 0 aromatic heterocycles. The van der Waals surface area contributed by atoms with Crippen LogP contribution in [0.1, 0.15) is 0 Å². The van der Waals surface area contributed by atoms with Gasteiger partial charge in [0.2, 0.25) is 0 Å². The molecule has 3 nitrogen and oxygen atoms in total. The first-order valence-electron chi connectivity index (χ1n) is 2.50. The zero-order valence-electron chi connectivity index (χ0n) is 4.80. The monoisotopic (exact) mass is 173 g/mol. The number of halogens is 2. The molecular formula is C4H9Cl2NO2. The van der Waals surface area contributed by atoms with Gasteiger partial charge in [0, 0.05) is 6.54 Å². The van der Waals surface area contributed by atoms with Crippen LogP contribution in [-0.2, 0) is 0 Å². The van der Waals surface area contributed by atoms with Crippen molar-refractivity contribution in [2.24, 2.45) is 0 Å². The second-order valence-corrected chi connectivity index (χ2v) is 2.40. The van der Waals surface area contributed by atoms with E-state index in [0.29, 0.717) is 0 Å². The van der Waals surface area contributed by atoms with Crippen molar-refractivity contribution >= 4 is 23.4 Å². The summed E-state index contributed by atoms with van der Waals surface area (Å²) in [6, 6.07) is 0. The summed E-state index contributed by atoms with van der Waals surface area (Å²) in [5, 5.41) is 16.7. The Morgan fingerprint density at radius 3 is 2.33 bits per heavy atom. The third-order valence-electron chi connectivity index (χ3n) is 0.768. The van der Waals surface area contributed by atoms with Gasteiger partial charge in [-0.3, -0.25) is 0 Å². The number of hydrogen-bond acceptors (Lipinski definition) is 3. The summed E-state index contributed by atoms with van der Waals surface area (Å²) in [5.41, 5.74) is -0.612. The van der Waals surface area contributed by atoms with Gasteiger partial charge in [0.1, 0.15) is 5.50 Å². The van der Waals surface area contributed by atoms with E-state index in [1.54, 1.807) is 0 Å². The highest BCUT2D eigenvalue weighted by Crippen LogP contribution is 2.05. The molecule has 0 spiro atoms. The van der Waals surface area contributed by atoms with Crippen LogP contribution in [0.4, 0.5) is 0 Å². The van der Waals surface area contributed by atoms with Crippen molar-refractivity contribution < 1.29 is 10.2 Å². The van der Waals surface area contributed by atoms with Crippen LogP contribution in [0.15, 0.2) is 0 Å². The normalized spacial score (nSPS) is 14.3. The Morgan fingerprint density at radius 2 is 2.00 bits per heavy atom. The average Bonchev–Trinajstić information content (AvgIpc) is 1.87. The van der Waals surface area contributed by atoms with Crippen molar-refractivity contribution in [2.75, 3.05) is 19.8 Å². The molecule has 0 bridgehead atoms. The molecule has 0 saturated carbocycles. The first-order valence-corrected chi connectivity index (χ1v) is 3.28. The lowest BCUT2D eigenvalue weighted by Crippen LogP contribution is -2.27. The van der Waals surface area contributed by atoms with Crippen molar-refractivity contribution in [3.63, 3.8) is 0 Å². The third kappa shape index (κ3) is 3.95. The molecule has 9 heavy (non-hydrogen) atoms. The Morgan fingerprint density at radius 1 is 1.44 bits per heavy atom. The van der Waals surface area contributed by atoms with E-state index < -0.39 is 5.50 Å². The summed E-state index contributed by atoms with van der Waals surface area (Å²) in [5.74, 6) is 0. The van der Waals surface area contributed by atoms with Gasteiger partial charge in [-0.05, 0) is 11.8 Å². The van der Waals surface area contributed by atoms with Gasteiger partial charge in [0.25, 0.3) is 0 Å². The van der Waals surface area contributed by atoms with Crippen LogP contribution >= 0.6 is 23.4 Å². The number of rotatable bonds is 4. The van der Waals surface area contributed by atoms with E-state index in [4.69, 9.17) is 33.6 Å².